The predicted octanol–water partition coefficient (Wildman–Crippen LogP) is 10.2. The van der Waals surface area contributed by atoms with Crippen molar-refractivity contribution in [3.63, 3.8) is 0 Å². The Balaban J connectivity index is 1.04. The van der Waals surface area contributed by atoms with Crippen molar-refractivity contribution in [2.24, 2.45) is 9.98 Å². The minimum atomic E-state index is -0.348. The molecule has 7 aromatic rings. The Kier molecular flexibility index (Phi) is 6.60. The molecule has 1 unspecified atom stereocenters. The average Bonchev–Trinajstić information content (AvgIpc) is 3.54. The largest absolute Gasteiger partial charge is 0.324 e. The van der Waals surface area contributed by atoms with Gasteiger partial charge in [0.2, 0.25) is 0 Å². The summed E-state index contributed by atoms with van der Waals surface area (Å²) in [6.07, 6.45) is 0.636. The number of fused-ring (bicyclic) bond motifs is 5. The standard InChI is InChI=1S/C44H31N3/c1-3-9-29(10-4-1)30-15-19-34(20-16-30)43-45-42(33-12-5-2-6-13-33)46-44(47-43)35-21-17-31(18-22-35)36-23-24-37-28-41-38-14-8-7-11-32(38)25-26-39(41)40(37)27-36/h1-27,43H,28H2,(H,45,46,47). The number of nitrogens with zero attached hydrogens (tertiary/aromatic N) is 2. The van der Waals surface area contributed by atoms with Gasteiger partial charge in [-0.15, -0.1) is 0 Å². The van der Waals surface area contributed by atoms with Gasteiger partial charge in [0.15, 0.2) is 6.17 Å². The van der Waals surface area contributed by atoms with E-state index in [9.17, 15) is 0 Å². The van der Waals surface area contributed by atoms with Crippen molar-refractivity contribution in [3.8, 4) is 33.4 Å². The minimum Gasteiger partial charge on any atom is -0.324 e. The van der Waals surface area contributed by atoms with Gasteiger partial charge in [-0.3, -0.25) is 0 Å². The highest BCUT2D eigenvalue weighted by Gasteiger charge is 2.23. The molecule has 1 atom stereocenters. The molecule has 1 N–H and O–H groups in total. The van der Waals surface area contributed by atoms with Gasteiger partial charge in [0.25, 0.3) is 0 Å². The van der Waals surface area contributed by atoms with Gasteiger partial charge in [0, 0.05) is 11.1 Å². The first kappa shape index (κ1) is 27.3. The molecule has 2 aliphatic rings. The zero-order chi connectivity index (χ0) is 31.2. The van der Waals surface area contributed by atoms with Crippen LogP contribution in [0.4, 0.5) is 0 Å². The van der Waals surface area contributed by atoms with E-state index in [-0.39, 0.29) is 6.17 Å². The van der Waals surface area contributed by atoms with Crippen molar-refractivity contribution >= 4 is 22.4 Å². The molecule has 7 aromatic carbocycles. The maximum absolute atomic E-state index is 5.12. The number of hydrogen-bond acceptors (Lipinski definition) is 3. The fourth-order valence-electron chi connectivity index (χ4n) is 6.92. The van der Waals surface area contributed by atoms with Crippen LogP contribution in [0.5, 0.6) is 0 Å². The Morgan fingerprint density at radius 2 is 1.00 bits per heavy atom. The van der Waals surface area contributed by atoms with Gasteiger partial charge < -0.3 is 5.32 Å². The molecule has 3 heteroatoms. The first-order valence-electron chi connectivity index (χ1n) is 16.1. The molecule has 0 amide bonds. The lowest BCUT2D eigenvalue weighted by Crippen LogP contribution is -2.36. The lowest BCUT2D eigenvalue weighted by atomic mass is 9.96. The molecule has 0 radical (unpaired) electrons. The lowest BCUT2D eigenvalue weighted by molar-refractivity contribution is 0.756. The van der Waals surface area contributed by atoms with Crippen molar-refractivity contribution in [3.05, 3.63) is 192 Å². The quantitative estimate of drug-likeness (QED) is 0.209. The van der Waals surface area contributed by atoms with Gasteiger partial charge in [-0.25, -0.2) is 9.98 Å². The van der Waals surface area contributed by atoms with Gasteiger partial charge in [-0.1, -0.05) is 158 Å². The van der Waals surface area contributed by atoms with E-state index in [4.69, 9.17) is 9.98 Å². The van der Waals surface area contributed by atoms with Crippen molar-refractivity contribution in [2.45, 2.75) is 12.6 Å². The van der Waals surface area contributed by atoms with Crippen LogP contribution in [0.15, 0.2) is 174 Å². The Hall–Kier alpha value is -6.06. The van der Waals surface area contributed by atoms with E-state index in [1.54, 1.807) is 0 Å². The van der Waals surface area contributed by atoms with Crippen LogP contribution in [0.1, 0.15) is 34.0 Å². The SMILES string of the molecule is c1ccc(C2=NC(c3ccc(-c4ccccc4)cc3)N=C(c3ccc(-c4ccc5c(c4)-c4ccc6ccccc6c4C5)cc3)N2)cc1. The number of nitrogens with one attached hydrogen (secondary N) is 1. The monoisotopic (exact) mass is 601 g/mol. The van der Waals surface area contributed by atoms with Gasteiger partial charge in [0.05, 0.1) is 0 Å². The second-order valence-electron chi connectivity index (χ2n) is 12.2. The molecule has 9 rings (SSSR count). The third-order valence-corrected chi connectivity index (χ3v) is 9.40. The fraction of sp³-hybridized carbons (Fsp3) is 0.0455. The second kappa shape index (κ2) is 11.4. The minimum absolute atomic E-state index is 0.348. The van der Waals surface area contributed by atoms with E-state index in [0.717, 1.165) is 34.8 Å². The topological polar surface area (TPSA) is 36.8 Å². The number of benzene rings is 7. The highest BCUT2D eigenvalue weighted by atomic mass is 15.2. The maximum atomic E-state index is 5.12. The highest BCUT2D eigenvalue weighted by molar-refractivity contribution is 6.16. The lowest BCUT2D eigenvalue weighted by Gasteiger charge is -2.22. The number of aliphatic imine (C=N–C) groups is 2. The molecule has 0 fully saturated rings. The van der Waals surface area contributed by atoms with Crippen LogP contribution in [0.3, 0.4) is 0 Å². The molecule has 1 heterocycles. The van der Waals surface area contributed by atoms with E-state index in [1.165, 1.54) is 55.3 Å². The zero-order valence-electron chi connectivity index (χ0n) is 25.8. The maximum Gasteiger partial charge on any atom is 0.169 e. The Bertz CT molecular complexity index is 2320. The first-order chi connectivity index (χ1) is 23.3. The smallest absolute Gasteiger partial charge is 0.169 e. The third-order valence-electron chi connectivity index (χ3n) is 9.40. The van der Waals surface area contributed by atoms with Crippen LogP contribution >= 0.6 is 0 Å². The summed E-state index contributed by atoms with van der Waals surface area (Å²) in [7, 11) is 0. The van der Waals surface area contributed by atoms with Crippen LogP contribution in [0.25, 0.3) is 44.2 Å². The molecule has 0 bridgehead atoms. The third kappa shape index (κ3) is 5.03. The Morgan fingerprint density at radius 1 is 0.447 bits per heavy atom. The number of amidine groups is 2. The van der Waals surface area contributed by atoms with E-state index >= 15 is 0 Å². The summed E-state index contributed by atoms with van der Waals surface area (Å²) in [5.74, 6) is 1.64. The highest BCUT2D eigenvalue weighted by Crippen LogP contribution is 2.42. The molecule has 1 aliphatic heterocycles. The molecule has 0 spiro atoms. The van der Waals surface area contributed by atoms with Crippen molar-refractivity contribution in [1.29, 1.82) is 0 Å². The summed E-state index contributed by atoms with van der Waals surface area (Å²) in [6.45, 7) is 0. The van der Waals surface area contributed by atoms with Crippen LogP contribution in [0, 0.1) is 0 Å². The second-order valence-corrected chi connectivity index (χ2v) is 12.2. The summed E-state index contributed by atoms with van der Waals surface area (Å²) in [5.41, 5.74) is 13.4. The Labute approximate surface area is 274 Å². The fourth-order valence-corrected chi connectivity index (χ4v) is 6.92. The van der Waals surface area contributed by atoms with Crippen molar-refractivity contribution in [1.82, 2.24) is 5.32 Å². The van der Waals surface area contributed by atoms with E-state index < -0.39 is 0 Å². The molecular weight excluding hydrogens is 571 g/mol. The van der Waals surface area contributed by atoms with Crippen molar-refractivity contribution in [2.75, 3.05) is 0 Å². The van der Waals surface area contributed by atoms with E-state index in [0.29, 0.717) is 0 Å². The van der Waals surface area contributed by atoms with Gasteiger partial charge in [0.1, 0.15) is 11.7 Å². The number of hydrogen-bond donors (Lipinski definition) is 1. The Morgan fingerprint density at radius 3 is 1.74 bits per heavy atom. The van der Waals surface area contributed by atoms with Gasteiger partial charge in [-0.2, -0.15) is 0 Å². The first-order valence-corrected chi connectivity index (χ1v) is 16.1. The van der Waals surface area contributed by atoms with Crippen molar-refractivity contribution < 1.29 is 0 Å². The van der Waals surface area contributed by atoms with Crippen LogP contribution in [0.2, 0.25) is 0 Å². The van der Waals surface area contributed by atoms with Crippen LogP contribution in [-0.2, 0) is 6.42 Å². The molecule has 3 nitrogen and oxygen atoms in total. The van der Waals surface area contributed by atoms with E-state index in [2.05, 4.69) is 145 Å². The molecule has 1 aliphatic carbocycles. The normalized spacial score (nSPS) is 14.9. The predicted molar refractivity (Wildman–Crippen MR) is 195 cm³/mol. The summed E-state index contributed by atoms with van der Waals surface area (Å²) in [6, 6.07) is 58.2. The van der Waals surface area contributed by atoms with Gasteiger partial charge >= 0.3 is 0 Å². The van der Waals surface area contributed by atoms with Crippen LogP contribution in [-0.4, -0.2) is 11.7 Å². The molecule has 222 valence electrons. The summed E-state index contributed by atoms with van der Waals surface area (Å²) < 4.78 is 0. The molecule has 0 saturated heterocycles. The molecular formula is C44H31N3. The van der Waals surface area contributed by atoms with Gasteiger partial charge in [-0.05, 0) is 73.3 Å². The summed E-state index contributed by atoms with van der Waals surface area (Å²) in [5, 5.41) is 6.21. The average molecular weight is 602 g/mol. The zero-order valence-corrected chi connectivity index (χ0v) is 25.8. The molecule has 0 aromatic heterocycles. The molecule has 47 heavy (non-hydrogen) atoms. The summed E-state index contributed by atoms with van der Waals surface area (Å²) >= 11 is 0. The van der Waals surface area contributed by atoms with Crippen LogP contribution < -0.4 is 5.32 Å². The molecule has 0 saturated carbocycles. The number of rotatable bonds is 5. The van der Waals surface area contributed by atoms with E-state index in [1.807, 2.05) is 24.3 Å². The summed E-state index contributed by atoms with van der Waals surface area (Å²) in [4.78, 5) is 10.2.